The van der Waals surface area contributed by atoms with Gasteiger partial charge in [0.2, 0.25) is 0 Å². The topological polar surface area (TPSA) is 120 Å². The van der Waals surface area contributed by atoms with Gasteiger partial charge in [0.15, 0.2) is 0 Å². The molecule has 5 atom stereocenters. The van der Waals surface area contributed by atoms with Gasteiger partial charge in [-0.2, -0.15) is 0 Å². The maximum atomic E-state index is 10.9. The fourth-order valence-corrected chi connectivity index (χ4v) is 5.61. The van der Waals surface area contributed by atoms with Crippen LogP contribution in [-0.4, -0.2) is 72.6 Å². The van der Waals surface area contributed by atoms with Gasteiger partial charge in [-0.05, 0) is 22.0 Å². The van der Waals surface area contributed by atoms with E-state index in [2.05, 4.69) is 41.1 Å². The van der Waals surface area contributed by atoms with Gasteiger partial charge in [0.1, 0.15) is 46.7 Å². The van der Waals surface area contributed by atoms with Crippen molar-refractivity contribution in [3.63, 3.8) is 0 Å². The summed E-state index contributed by atoms with van der Waals surface area (Å²) in [7, 11) is 1.51. The van der Waals surface area contributed by atoms with Crippen LogP contribution in [0.4, 0.5) is 5.82 Å². The number of pyridine rings is 1. The normalized spacial score (nSPS) is 26.0. The summed E-state index contributed by atoms with van der Waals surface area (Å²) in [5, 5.41) is 31.6. The van der Waals surface area contributed by atoms with Crippen LogP contribution in [0.25, 0.3) is 15.5 Å². The first-order valence-electron chi connectivity index (χ1n) is 9.04. The molecule has 0 bridgehead atoms. The number of hydrogen-bond acceptors (Lipinski definition) is 10. The molecule has 31 heavy (non-hydrogen) atoms. The largest absolute Gasteiger partial charge is 0.394 e. The summed E-state index contributed by atoms with van der Waals surface area (Å²) >= 11 is 6.04. The molecule has 0 amide bonds. The van der Waals surface area contributed by atoms with Gasteiger partial charge in [-0.15, -0.1) is 33.2 Å². The number of thioether (sulfide) groups is 1. The van der Waals surface area contributed by atoms with Crippen molar-refractivity contribution in [2.45, 2.75) is 34.7 Å². The summed E-state index contributed by atoms with van der Waals surface area (Å²) in [6.07, 6.45) is 2.27. The van der Waals surface area contributed by atoms with Crippen LogP contribution in [0.2, 0.25) is 0 Å². The molecule has 4 rings (SSSR count). The average molecular weight is 525 g/mol. The Morgan fingerprint density at radius 2 is 2.29 bits per heavy atom. The number of hydrogen-bond donors (Lipinski definition) is 2. The lowest BCUT2D eigenvalue weighted by Crippen LogP contribution is -2.55. The SMILES string of the molecule is [C-]#[N+]c1ncc(Br)cc1S[C@H]1OC(CO)[C@H](O)C(n2cc(-c3nccs3)nn2)[C@@H]1OC. The van der Waals surface area contributed by atoms with Crippen molar-refractivity contribution in [1.29, 1.82) is 0 Å². The van der Waals surface area contributed by atoms with Crippen LogP contribution in [-0.2, 0) is 9.47 Å². The van der Waals surface area contributed by atoms with E-state index in [9.17, 15) is 10.2 Å². The number of ether oxygens (including phenoxy) is 2. The molecule has 2 N–H and O–H groups in total. The van der Waals surface area contributed by atoms with Crippen molar-refractivity contribution in [3.05, 3.63) is 45.9 Å². The van der Waals surface area contributed by atoms with Crippen LogP contribution in [0, 0.1) is 6.57 Å². The number of aliphatic hydroxyl groups excluding tert-OH is 2. The van der Waals surface area contributed by atoms with Gasteiger partial charge < -0.3 is 24.5 Å². The second-order valence-electron chi connectivity index (χ2n) is 6.53. The summed E-state index contributed by atoms with van der Waals surface area (Å²) < 4.78 is 13.9. The Labute approximate surface area is 194 Å². The number of thiazole rings is 1. The number of rotatable bonds is 6. The third kappa shape index (κ3) is 4.51. The van der Waals surface area contributed by atoms with Crippen molar-refractivity contribution >= 4 is 44.8 Å². The molecule has 1 aliphatic rings. The van der Waals surface area contributed by atoms with Crippen LogP contribution in [0.3, 0.4) is 0 Å². The van der Waals surface area contributed by atoms with Crippen molar-refractivity contribution in [2.24, 2.45) is 0 Å². The Morgan fingerprint density at radius 3 is 2.97 bits per heavy atom. The highest BCUT2D eigenvalue weighted by Gasteiger charge is 2.47. The summed E-state index contributed by atoms with van der Waals surface area (Å²) in [5.41, 5.74) is -0.0839. The number of aliphatic hydroxyl groups is 2. The number of methoxy groups -OCH3 is 1. The van der Waals surface area contributed by atoms with E-state index in [0.29, 0.717) is 20.1 Å². The van der Waals surface area contributed by atoms with Crippen molar-refractivity contribution in [1.82, 2.24) is 25.0 Å². The third-order valence-electron chi connectivity index (χ3n) is 4.71. The molecule has 10 nitrogen and oxygen atoms in total. The standard InChI is InChI=1S/C18H17BrN6O4S2/c1-20-16-12(5-9(19)6-22-16)31-18-15(28-2)13(14(27)11(8-26)29-18)25-7-10(23-24-25)17-21-3-4-30-17/h3-7,11,13-15,18,26-27H,8H2,2H3/t11?,13?,14-,15-,18+/m0/s1. The van der Waals surface area contributed by atoms with Crippen LogP contribution in [0.1, 0.15) is 6.04 Å². The quantitative estimate of drug-likeness (QED) is 0.468. The maximum absolute atomic E-state index is 10.9. The highest BCUT2D eigenvalue weighted by Crippen LogP contribution is 2.42. The zero-order valence-corrected chi connectivity index (χ0v) is 19.3. The first-order chi connectivity index (χ1) is 15.0. The zero-order chi connectivity index (χ0) is 22.0. The predicted octanol–water partition coefficient (Wildman–Crippen LogP) is 2.54. The molecule has 0 spiro atoms. The lowest BCUT2D eigenvalue weighted by atomic mass is 9.97. The van der Waals surface area contributed by atoms with Gasteiger partial charge in [-0.1, -0.05) is 11.8 Å². The van der Waals surface area contributed by atoms with Crippen molar-refractivity contribution in [2.75, 3.05) is 13.7 Å². The molecule has 0 saturated carbocycles. The molecule has 4 heterocycles. The Hall–Kier alpha value is -1.92. The highest BCUT2D eigenvalue weighted by molar-refractivity contribution is 9.10. The van der Waals surface area contributed by atoms with E-state index in [-0.39, 0.29) is 5.82 Å². The van der Waals surface area contributed by atoms with Gasteiger partial charge in [0.25, 0.3) is 5.82 Å². The molecule has 0 aliphatic carbocycles. The molecule has 13 heteroatoms. The van der Waals surface area contributed by atoms with Gasteiger partial charge in [-0.25, -0.2) is 9.67 Å². The van der Waals surface area contributed by atoms with Crippen molar-refractivity contribution < 1.29 is 19.7 Å². The number of nitrogens with zero attached hydrogens (tertiary/aromatic N) is 6. The predicted molar refractivity (Wildman–Crippen MR) is 117 cm³/mol. The summed E-state index contributed by atoms with van der Waals surface area (Å²) in [4.78, 5) is 12.4. The van der Waals surface area contributed by atoms with E-state index >= 15 is 0 Å². The van der Waals surface area contributed by atoms with E-state index in [1.807, 2.05) is 5.38 Å². The lowest BCUT2D eigenvalue weighted by Gasteiger charge is -2.43. The Balaban J connectivity index is 1.68. The number of aromatic nitrogens is 5. The fourth-order valence-electron chi connectivity index (χ4n) is 3.29. The molecule has 0 radical (unpaired) electrons. The molecule has 3 aromatic heterocycles. The zero-order valence-electron chi connectivity index (χ0n) is 16.1. The van der Waals surface area contributed by atoms with E-state index in [4.69, 9.17) is 16.0 Å². The van der Waals surface area contributed by atoms with Crippen LogP contribution in [0.5, 0.6) is 0 Å². The second kappa shape index (κ2) is 9.70. The van der Waals surface area contributed by atoms with Crippen LogP contribution < -0.4 is 0 Å². The summed E-state index contributed by atoms with van der Waals surface area (Å²) in [5.74, 6) is 0.224. The van der Waals surface area contributed by atoms with E-state index in [1.165, 1.54) is 34.9 Å². The van der Waals surface area contributed by atoms with Gasteiger partial charge in [0, 0.05) is 23.6 Å². The van der Waals surface area contributed by atoms with Crippen LogP contribution in [0.15, 0.2) is 39.4 Å². The maximum Gasteiger partial charge on any atom is 0.283 e. The lowest BCUT2D eigenvalue weighted by molar-refractivity contribution is -0.186. The number of halogens is 1. The fraction of sp³-hybridized carbons (Fsp3) is 0.389. The van der Waals surface area contributed by atoms with E-state index in [1.54, 1.807) is 24.7 Å². The molecule has 0 aromatic carbocycles. The second-order valence-corrected chi connectivity index (χ2v) is 9.48. The minimum atomic E-state index is -1.10. The molecular formula is C18H17BrN6O4S2. The molecular weight excluding hydrogens is 508 g/mol. The molecule has 2 unspecified atom stereocenters. The molecule has 3 aromatic rings. The molecule has 1 saturated heterocycles. The van der Waals surface area contributed by atoms with E-state index < -0.39 is 36.4 Å². The van der Waals surface area contributed by atoms with Crippen molar-refractivity contribution in [3.8, 4) is 10.7 Å². The van der Waals surface area contributed by atoms with E-state index in [0.717, 1.165) is 0 Å². The Morgan fingerprint density at radius 1 is 1.45 bits per heavy atom. The van der Waals surface area contributed by atoms with Crippen LogP contribution >= 0.6 is 39.0 Å². The first-order valence-corrected chi connectivity index (χ1v) is 11.6. The third-order valence-corrected chi connectivity index (χ3v) is 7.11. The molecule has 1 fully saturated rings. The molecule has 1 aliphatic heterocycles. The Kier molecular flexibility index (Phi) is 6.97. The minimum absolute atomic E-state index is 0.224. The summed E-state index contributed by atoms with van der Waals surface area (Å²) in [6, 6.07) is 1.08. The van der Waals surface area contributed by atoms with Gasteiger partial charge in [-0.3, -0.25) is 0 Å². The van der Waals surface area contributed by atoms with Gasteiger partial charge in [0.05, 0.1) is 17.3 Å². The Bertz CT molecular complexity index is 1080. The summed E-state index contributed by atoms with van der Waals surface area (Å²) in [6.45, 7) is 6.98. The van der Waals surface area contributed by atoms with Gasteiger partial charge >= 0.3 is 0 Å². The first kappa shape index (κ1) is 22.3. The molecule has 162 valence electrons. The highest BCUT2D eigenvalue weighted by atomic mass is 79.9. The average Bonchev–Trinajstić information content (AvgIpc) is 3.46. The smallest absolute Gasteiger partial charge is 0.283 e. The minimum Gasteiger partial charge on any atom is -0.394 e. The monoisotopic (exact) mass is 524 g/mol.